The number of benzene rings is 2. The first-order chi connectivity index (χ1) is 30.2. The molecule has 2 aromatic rings. The number of carbonyl (C=O) groups excluding carboxylic acids is 7. The van der Waals surface area contributed by atoms with E-state index in [0.717, 1.165) is 16.7 Å². The third kappa shape index (κ3) is 19.8. The van der Waals surface area contributed by atoms with Crippen molar-refractivity contribution in [2.45, 2.75) is 162 Å². The molecule has 360 valence electrons. The van der Waals surface area contributed by atoms with Crippen molar-refractivity contribution in [1.29, 1.82) is 0 Å². The lowest BCUT2D eigenvalue weighted by atomic mass is 9.93. The van der Waals surface area contributed by atoms with Gasteiger partial charge in [0.15, 0.2) is 0 Å². The van der Waals surface area contributed by atoms with Crippen LogP contribution in [0.4, 0.5) is 14.4 Å². The fraction of sp³-hybridized carbons (Fsp3) is 0.604. The summed E-state index contributed by atoms with van der Waals surface area (Å²) in [5.74, 6) is -2.47. The van der Waals surface area contributed by atoms with E-state index in [2.05, 4.69) is 37.2 Å². The van der Waals surface area contributed by atoms with Gasteiger partial charge in [-0.3, -0.25) is 19.2 Å². The summed E-state index contributed by atoms with van der Waals surface area (Å²) in [6.07, 6.45) is -0.386. The highest BCUT2D eigenvalue weighted by Gasteiger charge is 2.47. The van der Waals surface area contributed by atoms with Crippen molar-refractivity contribution in [3.8, 4) is 0 Å². The van der Waals surface area contributed by atoms with Crippen LogP contribution in [0.15, 0.2) is 54.6 Å². The van der Waals surface area contributed by atoms with Crippen LogP contribution in [0.1, 0.15) is 119 Å². The monoisotopic (exact) mass is 908 g/mol. The Morgan fingerprint density at radius 3 is 1.57 bits per heavy atom. The van der Waals surface area contributed by atoms with E-state index in [1.54, 1.807) is 62.3 Å². The molecule has 65 heavy (non-hydrogen) atoms. The quantitative estimate of drug-likeness (QED) is 0.0684. The largest absolute Gasteiger partial charge is 0.444 e. The first-order valence-electron chi connectivity index (χ1n) is 22.5. The zero-order valence-corrected chi connectivity index (χ0v) is 40.2. The third-order valence-corrected chi connectivity index (χ3v) is 9.84. The van der Waals surface area contributed by atoms with Crippen molar-refractivity contribution in [3.05, 3.63) is 71.3 Å². The van der Waals surface area contributed by atoms with E-state index in [-0.39, 0.29) is 57.7 Å². The van der Waals surface area contributed by atoms with Gasteiger partial charge in [-0.05, 0) is 111 Å². The molecule has 3 rings (SSSR count). The van der Waals surface area contributed by atoms with Gasteiger partial charge >= 0.3 is 18.3 Å². The Kier molecular flexibility index (Phi) is 19.6. The van der Waals surface area contributed by atoms with Gasteiger partial charge in [0.1, 0.15) is 40.5 Å². The van der Waals surface area contributed by atoms with E-state index >= 15 is 0 Å². The lowest BCUT2D eigenvalue weighted by Gasteiger charge is -2.32. The van der Waals surface area contributed by atoms with Crippen LogP contribution < -0.4 is 37.2 Å². The highest BCUT2D eigenvalue weighted by molar-refractivity contribution is 5.97. The number of unbranched alkanes of at least 4 members (excludes halogenated alkanes) is 1. The number of amides is 7. The average molecular weight is 908 g/mol. The number of hydrogen-bond donors (Lipinski definition) is 7. The fourth-order valence-electron chi connectivity index (χ4n) is 7.06. The van der Waals surface area contributed by atoms with Gasteiger partial charge in [-0.25, -0.2) is 14.4 Å². The molecular formula is C48H73N7O10. The average Bonchev–Trinajstić information content (AvgIpc) is 3.55. The number of nitrogens with one attached hydrogen (secondary N) is 7. The summed E-state index contributed by atoms with van der Waals surface area (Å²) in [6.45, 7) is 19.8. The van der Waals surface area contributed by atoms with Gasteiger partial charge in [0.25, 0.3) is 0 Å². The fourth-order valence-corrected chi connectivity index (χ4v) is 7.06. The van der Waals surface area contributed by atoms with Crippen LogP contribution >= 0.6 is 0 Å². The number of fused-ring (bicyclic) bond motifs is 1. The van der Waals surface area contributed by atoms with Gasteiger partial charge in [0.05, 0.1) is 0 Å². The maximum atomic E-state index is 14.6. The molecule has 0 saturated carbocycles. The summed E-state index contributed by atoms with van der Waals surface area (Å²) in [6, 6.07) is 13.2. The summed E-state index contributed by atoms with van der Waals surface area (Å²) in [5, 5.41) is 19.5. The molecule has 0 aliphatic heterocycles. The Labute approximate surface area is 384 Å². The van der Waals surface area contributed by atoms with Crippen LogP contribution in [0.25, 0.3) is 0 Å². The van der Waals surface area contributed by atoms with Gasteiger partial charge in [-0.2, -0.15) is 0 Å². The number of hydrogen-bond acceptors (Lipinski definition) is 10. The van der Waals surface area contributed by atoms with E-state index < -0.39 is 82.4 Å². The standard InChI is InChI=1S/C48H73N7O10/c1-31(2)27-36(39(57)52-35(23-17-18-24-50-42(60)63-45(3,4)5)38(56)49-25-26-51-43(61)64-46(6,7)8)53-40(58)37(28-32-19-13-12-14-20-32)54-41(59)48(55-44(62)65-47(9,10)11)29-33-21-15-16-22-34(33)30-48/h12-16,19-22,31,35-37H,17-18,23-30H2,1-11H3,(H,49,56)(H,50,60)(H,51,61)(H,52,57)(H,53,58)(H,54,59)(H,55,62)/t35-,36-,37-/m1/s1. The molecule has 3 atom stereocenters. The molecule has 7 N–H and O–H groups in total. The predicted octanol–water partition coefficient (Wildman–Crippen LogP) is 5.13. The molecule has 0 unspecified atom stereocenters. The summed E-state index contributed by atoms with van der Waals surface area (Å²) in [5.41, 5.74) is -1.23. The second-order valence-electron chi connectivity index (χ2n) is 19.9. The minimum absolute atomic E-state index is 0.0347. The molecule has 0 heterocycles. The van der Waals surface area contributed by atoms with Crippen LogP contribution in [-0.4, -0.2) is 102 Å². The van der Waals surface area contributed by atoms with Gasteiger partial charge < -0.3 is 51.4 Å². The smallest absolute Gasteiger partial charge is 0.408 e. The molecule has 7 amide bonds. The Bertz CT molecular complexity index is 1910. The second-order valence-corrected chi connectivity index (χ2v) is 19.9. The first kappa shape index (κ1) is 53.5. The summed E-state index contributed by atoms with van der Waals surface area (Å²) in [7, 11) is 0. The zero-order valence-electron chi connectivity index (χ0n) is 40.2. The predicted molar refractivity (Wildman–Crippen MR) is 247 cm³/mol. The van der Waals surface area contributed by atoms with Crippen LogP contribution in [0.3, 0.4) is 0 Å². The second kappa shape index (κ2) is 23.9. The van der Waals surface area contributed by atoms with Crippen molar-refractivity contribution in [2.75, 3.05) is 19.6 Å². The topological polar surface area (TPSA) is 231 Å². The van der Waals surface area contributed by atoms with Crippen LogP contribution in [0.5, 0.6) is 0 Å². The number of rotatable bonds is 20. The number of alkyl carbamates (subject to hydrolysis) is 3. The molecule has 17 heteroatoms. The van der Waals surface area contributed by atoms with Crippen LogP contribution in [-0.2, 0) is 52.7 Å². The van der Waals surface area contributed by atoms with Crippen LogP contribution in [0, 0.1) is 5.92 Å². The highest BCUT2D eigenvalue weighted by atomic mass is 16.6. The van der Waals surface area contributed by atoms with E-state index in [4.69, 9.17) is 14.2 Å². The minimum Gasteiger partial charge on any atom is -0.444 e. The van der Waals surface area contributed by atoms with E-state index in [1.165, 1.54) is 0 Å². The molecule has 0 spiro atoms. The third-order valence-electron chi connectivity index (χ3n) is 9.84. The van der Waals surface area contributed by atoms with Gasteiger partial charge in [0.2, 0.25) is 23.6 Å². The van der Waals surface area contributed by atoms with Gasteiger partial charge in [-0.1, -0.05) is 68.4 Å². The molecule has 17 nitrogen and oxygen atoms in total. The van der Waals surface area contributed by atoms with Crippen molar-refractivity contribution < 1.29 is 47.8 Å². The van der Waals surface area contributed by atoms with E-state index in [1.807, 2.05) is 68.4 Å². The van der Waals surface area contributed by atoms with E-state index in [0.29, 0.717) is 12.8 Å². The van der Waals surface area contributed by atoms with E-state index in [9.17, 15) is 33.6 Å². The molecule has 0 radical (unpaired) electrons. The molecule has 1 aliphatic rings. The Balaban J connectivity index is 1.84. The normalized spacial score (nSPS) is 14.6. The number of ether oxygens (including phenoxy) is 3. The lowest BCUT2D eigenvalue weighted by molar-refractivity contribution is -0.135. The minimum atomic E-state index is -1.48. The summed E-state index contributed by atoms with van der Waals surface area (Å²) in [4.78, 5) is 94.5. The molecule has 0 saturated heterocycles. The Morgan fingerprint density at radius 1 is 0.554 bits per heavy atom. The maximum absolute atomic E-state index is 14.6. The van der Waals surface area contributed by atoms with Gasteiger partial charge in [0, 0.05) is 38.9 Å². The Hall–Kier alpha value is -5.87. The number of carbonyl (C=O) groups is 7. The summed E-state index contributed by atoms with van der Waals surface area (Å²) >= 11 is 0. The molecule has 1 aliphatic carbocycles. The molecule has 0 bridgehead atoms. The molecular weight excluding hydrogens is 835 g/mol. The SMILES string of the molecule is CC(C)C[C@@H](NC(=O)[C@@H](Cc1ccccc1)NC(=O)C1(NC(=O)OC(C)(C)C)Cc2ccccc2C1)C(=O)N[C@H](CCCCNC(=O)OC(C)(C)C)C(=O)NCCNC(=O)OC(C)(C)C. The first-order valence-corrected chi connectivity index (χ1v) is 22.5. The maximum Gasteiger partial charge on any atom is 0.408 e. The molecule has 2 aromatic carbocycles. The van der Waals surface area contributed by atoms with Crippen molar-refractivity contribution in [2.24, 2.45) is 5.92 Å². The van der Waals surface area contributed by atoms with Crippen LogP contribution in [0.2, 0.25) is 0 Å². The lowest BCUT2D eigenvalue weighted by Crippen LogP contribution is -2.64. The van der Waals surface area contributed by atoms with Crippen molar-refractivity contribution >= 4 is 41.9 Å². The van der Waals surface area contributed by atoms with Crippen molar-refractivity contribution in [1.82, 2.24) is 37.2 Å². The Morgan fingerprint density at radius 2 is 1.03 bits per heavy atom. The zero-order chi connectivity index (χ0) is 48.6. The summed E-state index contributed by atoms with van der Waals surface area (Å²) < 4.78 is 16.1. The highest BCUT2D eigenvalue weighted by Crippen LogP contribution is 2.31. The molecule has 0 fully saturated rings. The van der Waals surface area contributed by atoms with Crippen molar-refractivity contribution in [3.63, 3.8) is 0 Å². The molecule has 0 aromatic heterocycles. The van der Waals surface area contributed by atoms with Gasteiger partial charge in [-0.15, -0.1) is 0 Å².